The number of carbonyl (C=O) groups excluding carboxylic acids is 1. The average molecular weight is 433 g/mol. The van der Waals surface area contributed by atoms with Crippen LogP contribution in [0.2, 0.25) is 0 Å². The summed E-state index contributed by atoms with van der Waals surface area (Å²) in [7, 11) is 1.53. The first-order valence-corrected chi connectivity index (χ1v) is 10.4. The summed E-state index contributed by atoms with van der Waals surface area (Å²) < 4.78 is 12.3. The van der Waals surface area contributed by atoms with E-state index in [2.05, 4.69) is 30.4 Å². The van der Waals surface area contributed by atoms with E-state index in [0.717, 1.165) is 42.8 Å². The number of aromatic amines is 1. The predicted octanol–water partition coefficient (Wildman–Crippen LogP) is 2.82. The predicted molar refractivity (Wildman–Crippen MR) is 118 cm³/mol. The maximum Gasteiger partial charge on any atom is 0.316 e. The van der Waals surface area contributed by atoms with Gasteiger partial charge in [0.25, 0.3) is 5.91 Å². The molecule has 0 unspecified atom stereocenters. The molecule has 1 fully saturated rings. The molecule has 10 heteroatoms. The number of aryl methyl sites for hydroxylation is 1. The van der Waals surface area contributed by atoms with Crippen molar-refractivity contribution in [3.8, 4) is 17.4 Å². The Morgan fingerprint density at radius 2 is 2.28 bits per heavy atom. The van der Waals surface area contributed by atoms with E-state index in [1.807, 2.05) is 17.7 Å². The number of nitrogens with zero attached hydrogens (tertiary/aromatic N) is 5. The summed E-state index contributed by atoms with van der Waals surface area (Å²) in [5, 5.41) is 8.26. The maximum atomic E-state index is 12.8. The van der Waals surface area contributed by atoms with Crippen LogP contribution in [-0.2, 0) is 11.3 Å². The van der Waals surface area contributed by atoms with Crippen LogP contribution in [0.5, 0.6) is 6.01 Å². The first kappa shape index (κ1) is 20.1. The second kappa shape index (κ2) is 8.39. The van der Waals surface area contributed by atoms with Crippen LogP contribution < -0.4 is 10.1 Å². The number of fused-ring (bicyclic) bond motifs is 1. The Morgan fingerprint density at radius 3 is 3.09 bits per heavy atom. The van der Waals surface area contributed by atoms with Gasteiger partial charge in [0.05, 0.1) is 41.9 Å². The van der Waals surface area contributed by atoms with E-state index in [1.54, 1.807) is 30.7 Å². The van der Waals surface area contributed by atoms with E-state index in [4.69, 9.17) is 9.47 Å². The Morgan fingerprint density at radius 1 is 1.38 bits per heavy atom. The highest BCUT2D eigenvalue weighted by atomic mass is 16.5. The van der Waals surface area contributed by atoms with E-state index in [9.17, 15) is 4.79 Å². The van der Waals surface area contributed by atoms with E-state index in [0.29, 0.717) is 34.7 Å². The van der Waals surface area contributed by atoms with Crippen molar-refractivity contribution in [1.82, 2.24) is 29.7 Å². The summed E-state index contributed by atoms with van der Waals surface area (Å²) in [6.07, 6.45) is 6.15. The van der Waals surface area contributed by atoms with Crippen LogP contribution >= 0.6 is 0 Å². The van der Waals surface area contributed by atoms with Crippen LogP contribution in [-0.4, -0.2) is 55.9 Å². The molecule has 0 spiro atoms. The molecule has 164 valence electrons. The second-order valence-electron chi connectivity index (χ2n) is 7.80. The number of nitrogens with one attached hydrogen (secondary N) is 2. The van der Waals surface area contributed by atoms with Gasteiger partial charge >= 0.3 is 6.01 Å². The van der Waals surface area contributed by atoms with E-state index >= 15 is 0 Å². The molecule has 4 aromatic heterocycles. The second-order valence-corrected chi connectivity index (χ2v) is 7.80. The molecule has 1 amide bonds. The van der Waals surface area contributed by atoms with Gasteiger partial charge in [-0.25, -0.2) is 9.97 Å². The van der Waals surface area contributed by atoms with Gasteiger partial charge in [0, 0.05) is 49.1 Å². The molecule has 2 N–H and O–H groups in total. The van der Waals surface area contributed by atoms with Crippen molar-refractivity contribution in [3.63, 3.8) is 0 Å². The summed E-state index contributed by atoms with van der Waals surface area (Å²) in [6.45, 7) is 4.11. The summed E-state index contributed by atoms with van der Waals surface area (Å²) in [6, 6.07) is 5.83. The Bertz CT molecular complexity index is 1270. The fourth-order valence-corrected chi connectivity index (χ4v) is 3.83. The van der Waals surface area contributed by atoms with Crippen molar-refractivity contribution >= 4 is 22.6 Å². The number of anilines is 1. The minimum absolute atomic E-state index is 0.240. The number of ether oxygens (including phenoxy) is 2. The molecule has 0 aliphatic carbocycles. The first-order chi connectivity index (χ1) is 15.6. The number of H-pyrrole nitrogens is 1. The standard InChI is InChI=1S/C22H23N7O3/c1-13-16(11-29(28-13)10-14-4-6-32-12-14)21(30)27-20-8-18-15(9-24-20)7-19(25-18)17-3-5-23-22(26-17)31-2/h3,5,7-9,11,14,25H,4,6,10,12H2,1-2H3,(H,24,27,30)/t14-/m0/s1. The third-order valence-electron chi connectivity index (χ3n) is 5.50. The van der Waals surface area contributed by atoms with E-state index in [-0.39, 0.29) is 5.91 Å². The van der Waals surface area contributed by atoms with Crippen LogP contribution in [0.1, 0.15) is 22.5 Å². The normalized spacial score (nSPS) is 15.9. The third kappa shape index (κ3) is 4.04. The quantitative estimate of drug-likeness (QED) is 0.480. The van der Waals surface area contributed by atoms with E-state index < -0.39 is 0 Å². The van der Waals surface area contributed by atoms with Crippen LogP contribution in [0.25, 0.3) is 22.3 Å². The summed E-state index contributed by atoms with van der Waals surface area (Å²) in [4.78, 5) is 28.9. The van der Waals surface area contributed by atoms with Crippen LogP contribution in [0.3, 0.4) is 0 Å². The molecule has 0 radical (unpaired) electrons. The van der Waals surface area contributed by atoms with Gasteiger partial charge in [0.15, 0.2) is 0 Å². The number of methoxy groups -OCH3 is 1. The molecule has 1 aliphatic rings. The van der Waals surface area contributed by atoms with Crippen molar-refractivity contribution in [2.75, 3.05) is 25.6 Å². The Labute approximate surface area is 184 Å². The minimum atomic E-state index is -0.240. The first-order valence-electron chi connectivity index (χ1n) is 10.4. The topological polar surface area (TPSA) is 120 Å². The van der Waals surface area contributed by atoms with Gasteiger partial charge in [-0.05, 0) is 25.5 Å². The summed E-state index contributed by atoms with van der Waals surface area (Å²) in [5.74, 6) is 0.648. The van der Waals surface area contributed by atoms with E-state index in [1.165, 1.54) is 7.11 Å². The molecule has 0 bridgehead atoms. The number of hydrogen-bond acceptors (Lipinski definition) is 7. The van der Waals surface area contributed by atoms with Gasteiger partial charge in [-0.1, -0.05) is 0 Å². The van der Waals surface area contributed by atoms with Crippen molar-refractivity contribution in [2.45, 2.75) is 19.9 Å². The molecular weight excluding hydrogens is 410 g/mol. The summed E-state index contributed by atoms with van der Waals surface area (Å²) >= 11 is 0. The molecule has 10 nitrogen and oxygen atoms in total. The minimum Gasteiger partial charge on any atom is -0.467 e. The van der Waals surface area contributed by atoms with Crippen molar-refractivity contribution in [2.24, 2.45) is 5.92 Å². The van der Waals surface area contributed by atoms with Gasteiger partial charge in [0.2, 0.25) is 0 Å². The van der Waals surface area contributed by atoms with Gasteiger partial charge in [-0.3, -0.25) is 9.48 Å². The van der Waals surface area contributed by atoms with Crippen LogP contribution in [0.4, 0.5) is 5.82 Å². The number of amides is 1. The lowest BCUT2D eigenvalue weighted by molar-refractivity contribution is 0.102. The summed E-state index contributed by atoms with van der Waals surface area (Å²) in [5.41, 5.74) is 3.55. The molecule has 4 aromatic rings. The largest absolute Gasteiger partial charge is 0.467 e. The lowest BCUT2D eigenvalue weighted by Crippen LogP contribution is -2.13. The molecule has 32 heavy (non-hydrogen) atoms. The highest BCUT2D eigenvalue weighted by Gasteiger charge is 2.19. The number of rotatable bonds is 6. The number of carbonyl (C=O) groups is 1. The number of hydrogen-bond donors (Lipinski definition) is 2. The zero-order valence-corrected chi connectivity index (χ0v) is 17.8. The lowest BCUT2D eigenvalue weighted by atomic mass is 10.1. The molecule has 5 rings (SSSR count). The molecule has 1 saturated heterocycles. The fourth-order valence-electron chi connectivity index (χ4n) is 3.83. The highest BCUT2D eigenvalue weighted by molar-refractivity contribution is 6.05. The molecular formula is C22H23N7O3. The van der Waals surface area contributed by atoms with Gasteiger partial charge in [-0.2, -0.15) is 10.1 Å². The molecule has 0 saturated carbocycles. The average Bonchev–Trinajstić information content (AvgIpc) is 3.54. The van der Waals surface area contributed by atoms with Crippen molar-refractivity contribution in [1.29, 1.82) is 0 Å². The Hall–Kier alpha value is -3.79. The van der Waals surface area contributed by atoms with Crippen LogP contribution in [0, 0.1) is 12.8 Å². The van der Waals surface area contributed by atoms with Crippen LogP contribution in [0.15, 0.2) is 36.8 Å². The third-order valence-corrected chi connectivity index (χ3v) is 5.50. The van der Waals surface area contributed by atoms with Gasteiger partial charge in [0.1, 0.15) is 5.82 Å². The Kier molecular flexibility index (Phi) is 5.28. The SMILES string of the molecule is COc1nccc(-c2cc3cnc(NC(=O)c4cn(C[C@@H]5CCOC5)nc4C)cc3[nH]2)n1. The van der Waals surface area contributed by atoms with Gasteiger partial charge < -0.3 is 19.8 Å². The smallest absolute Gasteiger partial charge is 0.316 e. The van der Waals surface area contributed by atoms with Crippen molar-refractivity contribution < 1.29 is 14.3 Å². The molecule has 0 aromatic carbocycles. The lowest BCUT2D eigenvalue weighted by Gasteiger charge is -2.06. The number of pyridine rings is 1. The maximum absolute atomic E-state index is 12.8. The zero-order chi connectivity index (χ0) is 22.1. The fraction of sp³-hybridized carbons (Fsp3) is 0.318. The van der Waals surface area contributed by atoms with Gasteiger partial charge in [-0.15, -0.1) is 0 Å². The zero-order valence-electron chi connectivity index (χ0n) is 17.8. The molecule has 1 atom stereocenters. The molecule has 5 heterocycles. The molecule has 1 aliphatic heterocycles. The number of aromatic nitrogens is 6. The van der Waals surface area contributed by atoms with Crippen molar-refractivity contribution in [3.05, 3.63) is 48.0 Å². The highest BCUT2D eigenvalue weighted by Crippen LogP contribution is 2.25. The Balaban J connectivity index is 1.34. The monoisotopic (exact) mass is 433 g/mol.